The smallest absolute Gasteiger partial charge is 0.350 e. The van der Waals surface area contributed by atoms with E-state index in [2.05, 4.69) is 56.2 Å². The molecule has 2 aromatic rings. The zero-order valence-corrected chi connectivity index (χ0v) is 25.8. The van der Waals surface area contributed by atoms with Crippen molar-refractivity contribution in [2.45, 2.75) is 86.4 Å². The fourth-order valence-corrected chi connectivity index (χ4v) is 4.97. The number of anilines is 3. The Bertz CT molecular complexity index is 1190. The molecule has 0 bridgehead atoms. The van der Waals surface area contributed by atoms with Crippen LogP contribution in [0.4, 0.5) is 17.1 Å². The average Bonchev–Trinajstić information content (AvgIpc) is 2.85. The number of allylic oxidation sites excluding steroid dienone is 1. The summed E-state index contributed by atoms with van der Waals surface area (Å²) in [4.78, 5) is 28.9. The van der Waals surface area contributed by atoms with Gasteiger partial charge in [-0.25, -0.2) is 9.59 Å². The number of cyclic esters (lactones) is 2. The first-order chi connectivity index (χ1) is 18.8. The largest absolute Gasteiger partial charge is 0.419 e. The number of aryl methyl sites for hydroxylation is 1. The minimum absolute atomic E-state index is 0.0651. The van der Waals surface area contributed by atoms with Gasteiger partial charge in [0.05, 0.1) is 17.1 Å². The van der Waals surface area contributed by atoms with Crippen molar-refractivity contribution in [1.82, 2.24) is 0 Å². The molecule has 0 aliphatic carbocycles. The van der Waals surface area contributed by atoms with Gasteiger partial charge in [0.1, 0.15) is 0 Å². The standard InChI is InChI=1S/C33H47N3O4/c1-10-11-12-13-23(4)30(29-31(37)39-33(6,7)40-32(29)38)36(26-16-14-25(15-17-26)20-22(2)3)34-28-19-18-27(35(8)9)21-24(28)5/h14-19,21-23,34H,10-13,20H2,1-9H3. The van der Waals surface area contributed by atoms with Crippen molar-refractivity contribution < 1.29 is 19.1 Å². The van der Waals surface area contributed by atoms with Crippen LogP contribution in [0.1, 0.15) is 78.4 Å². The molecular weight excluding hydrogens is 502 g/mol. The number of hydrazine groups is 1. The predicted molar refractivity (Wildman–Crippen MR) is 163 cm³/mol. The second-order valence-electron chi connectivity index (χ2n) is 11.9. The number of hydrogen-bond acceptors (Lipinski definition) is 7. The number of nitrogens with zero attached hydrogens (tertiary/aromatic N) is 2. The molecule has 0 saturated carbocycles. The van der Waals surface area contributed by atoms with E-state index in [0.717, 1.165) is 54.7 Å². The van der Waals surface area contributed by atoms with E-state index in [1.807, 2.05) is 50.3 Å². The van der Waals surface area contributed by atoms with Gasteiger partial charge in [0.2, 0.25) is 0 Å². The van der Waals surface area contributed by atoms with Crippen molar-refractivity contribution >= 4 is 29.0 Å². The Morgan fingerprint density at radius 1 is 0.925 bits per heavy atom. The Balaban J connectivity index is 2.19. The molecule has 1 aliphatic rings. The van der Waals surface area contributed by atoms with Crippen LogP contribution in [0.5, 0.6) is 0 Å². The second-order valence-corrected chi connectivity index (χ2v) is 11.9. The molecule has 218 valence electrons. The number of nitrogens with one attached hydrogen (secondary N) is 1. The molecule has 2 aromatic carbocycles. The molecule has 0 radical (unpaired) electrons. The third kappa shape index (κ3) is 7.80. The molecule has 1 aliphatic heterocycles. The lowest BCUT2D eigenvalue weighted by Crippen LogP contribution is -2.45. The van der Waals surface area contributed by atoms with Crippen molar-refractivity contribution in [3.8, 4) is 0 Å². The van der Waals surface area contributed by atoms with Crippen molar-refractivity contribution in [3.63, 3.8) is 0 Å². The first kappa shape index (κ1) is 31.1. The number of rotatable bonds is 12. The molecule has 0 spiro atoms. The molecule has 0 amide bonds. The van der Waals surface area contributed by atoms with E-state index in [4.69, 9.17) is 9.47 Å². The number of carbonyl (C=O) groups is 2. The summed E-state index contributed by atoms with van der Waals surface area (Å²) in [5, 5.41) is 1.88. The lowest BCUT2D eigenvalue weighted by atomic mass is 9.94. The monoisotopic (exact) mass is 549 g/mol. The number of esters is 2. The Hall–Kier alpha value is -3.48. The molecule has 7 nitrogen and oxygen atoms in total. The summed E-state index contributed by atoms with van der Waals surface area (Å²) in [6.45, 7) is 13.8. The lowest BCUT2D eigenvalue weighted by Gasteiger charge is -2.37. The van der Waals surface area contributed by atoms with Crippen LogP contribution in [0, 0.1) is 18.8 Å². The maximum atomic E-state index is 13.4. The highest BCUT2D eigenvalue weighted by Gasteiger charge is 2.43. The van der Waals surface area contributed by atoms with Gasteiger partial charge in [-0.2, -0.15) is 0 Å². The Morgan fingerprint density at radius 3 is 2.05 bits per heavy atom. The lowest BCUT2D eigenvalue weighted by molar-refractivity contribution is -0.222. The van der Waals surface area contributed by atoms with Gasteiger partial charge in [-0.3, -0.25) is 10.4 Å². The molecular formula is C33H47N3O4. The predicted octanol–water partition coefficient (Wildman–Crippen LogP) is 7.40. The number of ether oxygens (including phenoxy) is 2. The minimum atomic E-state index is -1.32. The van der Waals surface area contributed by atoms with Gasteiger partial charge in [-0.1, -0.05) is 59.1 Å². The fourth-order valence-electron chi connectivity index (χ4n) is 4.97. The van der Waals surface area contributed by atoms with Gasteiger partial charge in [0, 0.05) is 33.6 Å². The van der Waals surface area contributed by atoms with Gasteiger partial charge >= 0.3 is 11.9 Å². The highest BCUT2D eigenvalue weighted by atomic mass is 16.7. The second kappa shape index (κ2) is 13.2. The minimum Gasteiger partial charge on any atom is -0.419 e. The average molecular weight is 550 g/mol. The van der Waals surface area contributed by atoms with Gasteiger partial charge < -0.3 is 14.4 Å². The van der Waals surface area contributed by atoms with Crippen LogP contribution in [-0.4, -0.2) is 31.8 Å². The number of hydrogen-bond donors (Lipinski definition) is 1. The Morgan fingerprint density at radius 2 is 1.52 bits per heavy atom. The number of benzene rings is 2. The quantitative estimate of drug-likeness (QED) is 0.0972. The summed E-state index contributed by atoms with van der Waals surface area (Å²) in [5.41, 5.74) is 9.08. The maximum absolute atomic E-state index is 13.4. The molecule has 0 aromatic heterocycles. The van der Waals surface area contributed by atoms with Crippen LogP contribution in [0.15, 0.2) is 53.7 Å². The van der Waals surface area contributed by atoms with Crippen molar-refractivity contribution in [3.05, 3.63) is 64.9 Å². The van der Waals surface area contributed by atoms with Gasteiger partial charge in [-0.15, -0.1) is 0 Å². The van der Waals surface area contributed by atoms with Crippen LogP contribution in [0.25, 0.3) is 0 Å². The van der Waals surface area contributed by atoms with Crippen LogP contribution in [-0.2, 0) is 25.5 Å². The summed E-state index contributed by atoms with van der Waals surface area (Å²) in [6, 6.07) is 14.5. The third-order valence-electron chi connectivity index (χ3n) is 7.09. The number of unbranched alkanes of at least 4 members (excludes halogenated alkanes) is 2. The van der Waals surface area contributed by atoms with Crippen molar-refractivity contribution in [2.75, 3.05) is 29.4 Å². The molecule has 1 atom stereocenters. The van der Waals surface area contributed by atoms with Gasteiger partial charge in [0.25, 0.3) is 5.79 Å². The first-order valence-corrected chi connectivity index (χ1v) is 14.5. The van der Waals surface area contributed by atoms with Crippen molar-refractivity contribution in [1.29, 1.82) is 0 Å². The molecule has 40 heavy (non-hydrogen) atoms. The van der Waals surface area contributed by atoms with E-state index in [-0.39, 0.29) is 11.5 Å². The molecule has 1 heterocycles. The summed E-state index contributed by atoms with van der Waals surface area (Å²) in [7, 11) is 4.02. The topological polar surface area (TPSA) is 71.1 Å². The highest BCUT2D eigenvalue weighted by molar-refractivity contribution is 6.16. The molecule has 1 saturated heterocycles. The number of carbonyl (C=O) groups excluding carboxylic acids is 2. The SMILES string of the molecule is CCCCCC(C)C(=C1C(=O)OC(C)(C)OC1=O)N(Nc1ccc(N(C)C)cc1C)c1ccc(CC(C)C)cc1. The molecule has 3 rings (SSSR count). The van der Waals surface area contributed by atoms with E-state index < -0.39 is 17.7 Å². The van der Waals surface area contributed by atoms with E-state index in [1.165, 1.54) is 5.56 Å². The Kier molecular flexibility index (Phi) is 10.3. The van der Waals surface area contributed by atoms with Gasteiger partial charge in [0.15, 0.2) is 5.57 Å². The summed E-state index contributed by atoms with van der Waals surface area (Å²) >= 11 is 0. The molecule has 1 unspecified atom stereocenters. The first-order valence-electron chi connectivity index (χ1n) is 14.5. The zero-order chi connectivity index (χ0) is 29.6. The zero-order valence-electron chi connectivity index (χ0n) is 25.8. The van der Waals surface area contributed by atoms with Crippen LogP contribution < -0.4 is 15.3 Å². The third-order valence-corrected chi connectivity index (χ3v) is 7.09. The maximum Gasteiger partial charge on any atom is 0.350 e. The Labute approximate surface area is 240 Å². The van der Waals surface area contributed by atoms with Crippen LogP contribution in [0.3, 0.4) is 0 Å². The van der Waals surface area contributed by atoms with E-state index >= 15 is 0 Å². The van der Waals surface area contributed by atoms with Crippen LogP contribution >= 0.6 is 0 Å². The molecule has 7 heteroatoms. The summed E-state index contributed by atoms with van der Waals surface area (Å²) in [6.07, 6.45) is 4.89. The molecule has 1 N–H and O–H groups in total. The van der Waals surface area contributed by atoms with Crippen molar-refractivity contribution in [2.24, 2.45) is 11.8 Å². The van der Waals surface area contributed by atoms with Gasteiger partial charge in [-0.05, 0) is 73.1 Å². The normalized spacial score (nSPS) is 15.4. The van der Waals surface area contributed by atoms with E-state index in [0.29, 0.717) is 11.6 Å². The summed E-state index contributed by atoms with van der Waals surface area (Å²) < 4.78 is 11.2. The molecule has 1 fully saturated rings. The van der Waals surface area contributed by atoms with E-state index in [9.17, 15) is 9.59 Å². The summed E-state index contributed by atoms with van der Waals surface area (Å²) in [5.74, 6) is -2.25. The highest BCUT2D eigenvalue weighted by Crippen LogP contribution is 2.35. The van der Waals surface area contributed by atoms with E-state index in [1.54, 1.807) is 13.8 Å². The fraction of sp³-hybridized carbons (Fsp3) is 0.515. The van der Waals surface area contributed by atoms with Crippen LogP contribution in [0.2, 0.25) is 0 Å².